The molecular formula is C8H12BrNOS. The highest BCUT2D eigenvalue weighted by Crippen LogP contribution is 2.23. The molecule has 0 aliphatic heterocycles. The Morgan fingerprint density at radius 3 is 2.75 bits per heavy atom. The van der Waals surface area contributed by atoms with Gasteiger partial charge in [0.2, 0.25) is 0 Å². The topological polar surface area (TPSA) is 33.1 Å². The summed E-state index contributed by atoms with van der Waals surface area (Å²) in [5.74, 6) is 0.450. The first-order valence-electron chi connectivity index (χ1n) is 3.84. The Hall–Kier alpha value is 0.0700. The summed E-state index contributed by atoms with van der Waals surface area (Å²) in [4.78, 5) is 4.32. The molecule has 0 radical (unpaired) electrons. The predicted molar refractivity (Wildman–Crippen MR) is 55.0 cm³/mol. The van der Waals surface area contributed by atoms with E-state index in [1.165, 1.54) is 0 Å². The van der Waals surface area contributed by atoms with Crippen molar-refractivity contribution in [3.05, 3.63) is 16.1 Å². The van der Waals surface area contributed by atoms with Gasteiger partial charge >= 0.3 is 0 Å². The summed E-state index contributed by atoms with van der Waals surface area (Å²) in [6.45, 7) is 4.20. The van der Waals surface area contributed by atoms with Crippen LogP contribution < -0.4 is 0 Å². The second-order valence-corrected chi connectivity index (χ2v) is 4.47. The molecule has 4 heteroatoms. The van der Waals surface area contributed by atoms with E-state index in [1.807, 2.05) is 5.38 Å². The van der Waals surface area contributed by atoms with Crippen LogP contribution in [0.3, 0.4) is 0 Å². The number of aromatic nitrogens is 1. The van der Waals surface area contributed by atoms with E-state index in [0.717, 1.165) is 10.7 Å². The third kappa shape index (κ3) is 2.28. The third-order valence-electron chi connectivity index (χ3n) is 1.52. The quantitative estimate of drug-likeness (QED) is 0.836. The van der Waals surface area contributed by atoms with Crippen molar-refractivity contribution in [2.24, 2.45) is 0 Å². The molecule has 0 saturated heterocycles. The van der Waals surface area contributed by atoms with Crippen molar-refractivity contribution >= 4 is 27.3 Å². The lowest BCUT2D eigenvalue weighted by molar-refractivity contribution is 0.201. The van der Waals surface area contributed by atoms with Gasteiger partial charge in [-0.2, -0.15) is 0 Å². The molecule has 1 rings (SSSR count). The van der Waals surface area contributed by atoms with Gasteiger partial charge in [0.1, 0.15) is 6.10 Å². The van der Waals surface area contributed by atoms with E-state index in [0.29, 0.717) is 11.2 Å². The van der Waals surface area contributed by atoms with E-state index in [9.17, 15) is 5.11 Å². The maximum Gasteiger partial charge on any atom is 0.106 e. The molecule has 1 atom stereocenters. The van der Waals surface area contributed by atoms with Crippen LogP contribution in [0.1, 0.15) is 36.6 Å². The van der Waals surface area contributed by atoms with Crippen LogP contribution in [0.15, 0.2) is 5.38 Å². The summed E-state index contributed by atoms with van der Waals surface area (Å²) in [5, 5.41) is 13.0. The highest BCUT2D eigenvalue weighted by Gasteiger charge is 2.11. The number of hydrogen-bond acceptors (Lipinski definition) is 3. The Balaban J connectivity index is 2.77. The number of aliphatic hydroxyl groups excluding tert-OH is 1. The Kier molecular flexibility index (Phi) is 3.68. The van der Waals surface area contributed by atoms with Crippen molar-refractivity contribution in [3.8, 4) is 0 Å². The summed E-state index contributed by atoms with van der Waals surface area (Å²) in [5.41, 5.74) is 0.778. The molecular weight excluding hydrogens is 238 g/mol. The number of nitrogens with zero attached hydrogens (tertiary/aromatic N) is 1. The highest BCUT2D eigenvalue weighted by atomic mass is 79.9. The van der Waals surface area contributed by atoms with Gasteiger partial charge in [-0.15, -0.1) is 11.3 Å². The third-order valence-corrected chi connectivity index (χ3v) is 3.30. The number of hydrogen-bond donors (Lipinski definition) is 1. The minimum absolute atomic E-state index is 0.450. The molecule has 0 bridgehead atoms. The lowest BCUT2D eigenvalue weighted by Crippen LogP contribution is -1.99. The Morgan fingerprint density at radius 2 is 2.33 bits per heavy atom. The molecule has 1 heterocycles. The minimum Gasteiger partial charge on any atom is -0.386 e. The fourth-order valence-corrected chi connectivity index (χ4v) is 2.01. The molecule has 12 heavy (non-hydrogen) atoms. The molecule has 2 nitrogen and oxygen atoms in total. The van der Waals surface area contributed by atoms with Gasteiger partial charge in [-0.3, -0.25) is 0 Å². The monoisotopic (exact) mass is 249 g/mol. The lowest BCUT2D eigenvalue weighted by Gasteiger charge is -2.01. The summed E-state index contributed by atoms with van der Waals surface area (Å²) >= 11 is 4.82. The largest absolute Gasteiger partial charge is 0.386 e. The van der Waals surface area contributed by atoms with Gasteiger partial charge in [-0.05, 0) is 0 Å². The molecule has 1 aromatic rings. The van der Waals surface area contributed by atoms with Crippen LogP contribution in [0.2, 0.25) is 0 Å². The molecule has 0 fully saturated rings. The first-order chi connectivity index (χ1) is 5.65. The van der Waals surface area contributed by atoms with Crippen LogP contribution in [0, 0.1) is 0 Å². The maximum atomic E-state index is 9.42. The van der Waals surface area contributed by atoms with Crippen LogP contribution >= 0.6 is 27.3 Å². The average Bonchev–Trinajstić information content (AvgIpc) is 2.51. The van der Waals surface area contributed by atoms with Gasteiger partial charge in [0.15, 0.2) is 0 Å². The normalized spacial score (nSPS) is 13.8. The maximum absolute atomic E-state index is 9.42. The first-order valence-corrected chi connectivity index (χ1v) is 5.84. The zero-order chi connectivity index (χ0) is 9.14. The van der Waals surface area contributed by atoms with E-state index in [1.54, 1.807) is 11.3 Å². The van der Waals surface area contributed by atoms with Crippen LogP contribution in [0.5, 0.6) is 0 Å². The Morgan fingerprint density at radius 1 is 1.67 bits per heavy atom. The van der Waals surface area contributed by atoms with Gasteiger partial charge in [0, 0.05) is 16.6 Å². The van der Waals surface area contributed by atoms with E-state index in [2.05, 4.69) is 34.8 Å². The minimum atomic E-state index is -0.464. The summed E-state index contributed by atoms with van der Waals surface area (Å²) in [6, 6.07) is 0. The van der Waals surface area contributed by atoms with Gasteiger partial charge in [-0.1, -0.05) is 29.8 Å². The first kappa shape index (κ1) is 10.2. The van der Waals surface area contributed by atoms with Gasteiger partial charge in [0.05, 0.1) is 10.7 Å². The average molecular weight is 250 g/mol. The molecule has 0 spiro atoms. The highest BCUT2D eigenvalue weighted by molar-refractivity contribution is 9.09. The van der Waals surface area contributed by atoms with Crippen LogP contribution in [-0.2, 0) is 0 Å². The number of rotatable bonds is 3. The second-order valence-electron chi connectivity index (χ2n) is 2.94. The van der Waals surface area contributed by atoms with Crippen molar-refractivity contribution in [1.29, 1.82) is 0 Å². The van der Waals surface area contributed by atoms with E-state index >= 15 is 0 Å². The van der Waals surface area contributed by atoms with E-state index in [4.69, 9.17) is 0 Å². The smallest absolute Gasteiger partial charge is 0.106 e. The van der Waals surface area contributed by atoms with Crippen molar-refractivity contribution in [1.82, 2.24) is 4.98 Å². The summed E-state index contributed by atoms with van der Waals surface area (Å²) in [7, 11) is 0. The van der Waals surface area contributed by atoms with Crippen LogP contribution in [-0.4, -0.2) is 15.4 Å². The van der Waals surface area contributed by atoms with Gasteiger partial charge in [-0.25, -0.2) is 4.98 Å². The van der Waals surface area contributed by atoms with Crippen LogP contribution in [0.25, 0.3) is 0 Å². The summed E-state index contributed by atoms with van der Waals surface area (Å²) in [6.07, 6.45) is -0.464. The fourth-order valence-electron chi connectivity index (χ4n) is 0.798. The molecule has 0 amide bonds. The van der Waals surface area contributed by atoms with Crippen molar-refractivity contribution in [2.45, 2.75) is 25.9 Å². The molecule has 0 saturated carbocycles. The number of thiazole rings is 1. The Labute approximate surface area is 84.8 Å². The Bertz CT molecular complexity index is 249. The molecule has 68 valence electrons. The molecule has 1 aromatic heterocycles. The molecule has 0 aliphatic rings. The number of alkyl halides is 1. The zero-order valence-corrected chi connectivity index (χ0v) is 9.52. The van der Waals surface area contributed by atoms with Crippen molar-refractivity contribution < 1.29 is 5.11 Å². The van der Waals surface area contributed by atoms with Gasteiger partial charge in [0.25, 0.3) is 0 Å². The van der Waals surface area contributed by atoms with Crippen molar-refractivity contribution in [3.63, 3.8) is 0 Å². The standard InChI is InChI=1S/C8H12BrNOS/c1-5(2)8-10-6(4-12-8)7(11)3-9/h4-5,7,11H,3H2,1-2H3. The molecule has 1 unspecified atom stereocenters. The fraction of sp³-hybridized carbons (Fsp3) is 0.625. The van der Waals surface area contributed by atoms with E-state index < -0.39 is 6.10 Å². The van der Waals surface area contributed by atoms with E-state index in [-0.39, 0.29) is 0 Å². The molecule has 0 aliphatic carbocycles. The van der Waals surface area contributed by atoms with Gasteiger partial charge < -0.3 is 5.11 Å². The lowest BCUT2D eigenvalue weighted by atomic mass is 10.2. The number of halogens is 1. The zero-order valence-electron chi connectivity index (χ0n) is 7.12. The van der Waals surface area contributed by atoms with Crippen LogP contribution in [0.4, 0.5) is 0 Å². The summed E-state index contributed by atoms with van der Waals surface area (Å²) < 4.78 is 0. The van der Waals surface area contributed by atoms with Crippen molar-refractivity contribution in [2.75, 3.05) is 5.33 Å². The molecule has 0 aromatic carbocycles. The predicted octanol–water partition coefficient (Wildman–Crippen LogP) is 2.69. The molecule has 1 N–H and O–H groups in total. The second kappa shape index (κ2) is 4.35. The number of aliphatic hydroxyl groups is 1. The SMILES string of the molecule is CC(C)c1nc(C(O)CBr)cs1.